The van der Waals surface area contributed by atoms with E-state index in [0.717, 1.165) is 49.4 Å². The maximum absolute atomic E-state index is 13.2. The van der Waals surface area contributed by atoms with Crippen molar-refractivity contribution in [2.45, 2.75) is 44.9 Å². The number of nitrogens with zero attached hydrogens (tertiary/aromatic N) is 2. The van der Waals surface area contributed by atoms with Crippen molar-refractivity contribution in [3.8, 4) is 0 Å². The maximum Gasteiger partial charge on any atom is 0.416 e. The van der Waals surface area contributed by atoms with Crippen LogP contribution in [0.25, 0.3) is 0 Å². The molecule has 2 amide bonds. The molecule has 0 aliphatic carbocycles. The number of anilines is 1. The van der Waals surface area contributed by atoms with Gasteiger partial charge in [0.15, 0.2) is 0 Å². The molecule has 0 unspecified atom stereocenters. The Morgan fingerprint density at radius 3 is 2.40 bits per heavy atom. The van der Waals surface area contributed by atoms with E-state index in [1.54, 1.807) is 12.3 Å². The smallest absolute Gasteiger partial charge is 0.357 e. The number of pyridine rings is 1. The van der Waals surface area contributed by atoms with Crippen LogP contribution in [0.5, 0.6) is 0 Å². The summed E-state index contributed by atoms with van der Waals surface area (Å²) in [6, 6.07) is 5.47. The zero-order chi connectivity index (χ0) is 21.6. The third-order valence-corrected chi connectivity index (χ3v) is 5.01. The van der Waals surface area contributed by atoms with E-state index in [9.17, 15) is 22.4 Å². The summed E-state index contributed by atoms with van der Waals surface area (Å²) in [7, 11) is 0. The number of rotatable bonds is 5. The summed E-state index contributed by atoms with van der Waals surface area (Å²) in [4.78, 5) is 18.7. The van der Waals surface area contributed by atoms with E-state index in [1.807, 2.05) is 6.07 Å². The van der Waals surface area contributed by atoms with E-state index in [-0.39, 0.29) is 18.7 Å². The lowest BCUT2D eigenvalue weighted by Crippen LogP contribution is -2.35. The van der Waals surface area contributed by atoms with E-state index in [0.29, 0.717) is 6.07 Å². The second-order valence-electron chi connectivity index (χ2n) is 7.26. The van der Waals surface area contributed by atoms with Crippen molar-refractivity contribution in [2.75, 3.05) is 18.0 Å². The molecule has 1 aromatic carbocycles. The molecule has 3 rings (SSSR count). The molecule has 1 aliphatic heterocycles. The van der Waals surface area contributed by atoms with E-state index in [2.05, 4.69) is 20.5 Å². The Kier molecular flexibility index (Phi) is 7.12. The Hall–Kier alpha value is -2.84. The van der Waals surface area contributed by atoms with E-state index in [4.69, 9.17) is 0 Å². The monoisotopic (exact) mass is 424 g/mol. The van der Waals surface area contributed by atoms with Gasteiger partial charge in [-0.15, -0.1) is 0 Å². The van der Waals surface area contributed by atoms with Crippen LogP contribution in [-0.2, 0) is 19.3 Å². The largest absolute Gasteiger partial charge is 0.416 e. The molecule has 2 aromatic rings. The Labute approximate surface area is 172 Å². The zero-order valence-corrected chi connectivity index (χ0v) is 16.4. The van der Waals surface area contributed by atoms with Gasteiger partial charge in [0, 0.05) is 32.4 Å². The Morgan fingerprint density at radius 1 is 1.00 bits per heavy atom. The first-order valence-electron chi connectivity index (χ1n) is 9.90. The van der Waals surface area contributed by atoms with Gasteiger partial charge in [-0.05, 0) is 48.2 Å². The van der Waals surface area contributed by atoms with Crippen LogP contribution in [0.15, 0.2) is 36.5 Å². The molecule has 1 aromatic heterocycles. The lowest BCUT2D eigenvalue weighted by Gasteiger charge is -2.21. The fourth-order valence-electron chi connectivity index (χ4n) is 3.43. The quantitative estimate of drug-likeness (QED) is 0.689. The molecule has 2 heterocycles. The molecule has 30 heavy (non-hydrogen) atoms. The minimum absolute atomic E-state index is 0.202. The fraction of sp³-hybridized carbons (Fsp3) is 0.429. The molecule has 162 valence electrons. The third kappa shape index (κ3) is 6.08. The summed E-state index contributed by atoms with van der Waals surface area (Å²) in [6.07, 6.45) is 1.65. The number of carbonyl (C=O) groups excluding carboxylic acids is 1. The van der Waals surface area contributed by atoms with Crippen LogP contribution in [0.3, 0.4) is 0 Å². The second kappa shape index (κ2) is 9.77. The minimum Gasteiger partial charge on any atom is -0.357 e. The number of nitrogens with one attached hydrogen (secondary N) is 2. The van der Waals surface area contributed by atoms with Crippen LogP contribution >= 0.6 is 0 Å². The molecular weight excluding hydrogens is 400 g/mol. The minimum atomic E-state index is -4.70. The number of hydrogen-bond acceptors (Lipinski definition) is 3. The summed E-state index contributed by atoms with van der Waals surface area (Å²) in [5, 5.41) is 5.02. The summed E-state index contributed by atoms with van der Waals surface area (Å²) < 4.78 is 52.3. The highest BCUT2D eigenvalue weighted by Crippen LogP contribution is 2.32. The lowest BCUT2D eigenvalue weighted by atomic mass is 10.1. The highest BCUT2D eigenvalue weighted by molar-refractivity contribution is 5.73. The van der Waals surface area contributed by atoms with Crippen LogP contribution < -0.4 is 15.5 Å². The summed E-state index contributed by atoms with van der Waals surface area (Å²) in [6.45, 7) is 1.74. The number of benzene rings is 1. The second-order valence-corrected chi connectivity index (χ2v) is 7.26. The Bertz CT molecular complexity index is 864. The summed E-state index contributed by atoms with van der Waals surface area (Å²) in [5.74, 6) is -0.119. The normalized spacial score (nSPS) is 14.9. The topological polar surface area (TPSA) is 57.3 Å². The molecule has 0 bridgehead atoms. The van der Waals surface area contributed by atoms with Crippen LogP contribution in [0.4, 0.5) is 28.2 Å². The van der Waals surface area contributed by atoms with E-state index >= 15 is 0 Å². The van der Waals surface area contributed by atoms with Gasteiger partial charge in [0.1, 0.15) is 11.6 Å². The standard InChI is InChI=1S/C21H24F4N4O/c22-17-6-5-16(18(12-17)21(23,24)25)14-28-20(30)27-13-15-7-8-26-19(11-15)29-9-3-1-2-4-10-29/h5-8,11-12H,1-4,9-10,13-14H2,(H2,27,28,30). The number of carbonyl (C=O) groups is 1. The number of urea groups is 1. The van der Waals surface area contributed by atoms with Crippen molar-refractivity contribution in [1.29, 1.82) is 0 Å². The third-order valence-electron chi connectivity index (χ3n) is 5.01. The molecule has 0 saturated carbocycles. The number of halogens is 4. The number of aromatic nitrogens is 1. The average molecular weight is 424 g/mol. The van der Waals surface area contributed by atoms with Crippen molar-refractivity contribution in [1.82, 2.24) is 15.6 Å². The molecule has 9 heteroatoms. The van der Waals surface area contributed by atoms with Gasteiger partial charge in [-0.1, -0.05) is 18.9 Å². The molecule has 2 N–H and O–H groups in total. The SMILES string of the molecule is O=C(NCc1ccnc(N2CCCCCC2)c1)NCc1ccc(F)cc1C(F)(F)F. The zero-order valence-electron chi connectivity index (χ0n) is 16.4. The molecule has 5 nitrogen and oxygen atoms in total. The van der Waals surface area contributed by atoms with E-state index in [1.165, 1.54) is 12.8 Å². The fourth-order valence-corrected chi connectivity index (χ4v) is 3.43. The maximum atomic E-state index is 13.2. The number of amides is 2. The van der Waals surface area contributed by atoms with Crippen molar-refractivity contribution in [3.05, 3.63) is 59.0 Å². The molecule has 1 saturated heterocycles. The lowest BCUT2D eigenvalue weighted by molar-refractivity contribution is -0.138. The molecule has 0 atom stereocenters. The van der Waals surface area contributed by atoms with Gasteiger partial charge in [0.2, 0.25) is 0 Å². The van der Waals surface area contributed by atoms with Gasteiger partial charge in [0.05, 0.1) is 5.56 Å². The number of hydrogen-bond donors (Lipinski definition) is 2. The summed E-state index contributed by atoms with van der Waals surface area (Å²) >= 11 is 0. The highest BCUT2D eigenvalue weighted by Gasteiger charge is 2.33. The van der Waals surface area contributed by atoms with Gasteiger partial charge in [-0.3, -0.25) is 0 Å². The molecule has 1 fully saturated rings. The van der Waals surface area contributed by atoms with Crippen LogP contribution in [0.1, 0.15) is 42.4 Å². The predicted molar refractivity (Wildman–Crippen MR) is 105 cm³/mol. The summed E-state index contributed by atoms with van der Waals surface area (Å²) in [5.41, 5.74) is -0.456. The highest BCUT2D eigenvalue weighted by atomic mass is 19.4. The first kappa shape index (κ1) is 21.9. The van der Waals surface area contributed by atoms with Crippen LogP contribution in [-0.4, -0.2) is 24.1 Å². The molecular formula is C21H24F4N4O. The van der Waals surface area contributed by atoms with Gasteiger partial charge >= 0.3 is 12.2 Å². The van der Waals surface area contributed by atoms with Crippen molar-refractivity contribution in [3.63, 3.8) is 0 Å². The Morgan fingerprint density at radius 2 is 1.70 bits per heavy atom. The van der Waals surface area contributed by atoms with Gasteiger partial charge in [-0.25, -0.2) is 14.2 Å². The van der Waals surface area contributed by atoms with Gasteiger partial charge in [0.25, 0.3) is 0 Å². The van der Waals surface area contributed by atoms with Crippen LogP contribution in [0, 0.1) is 5.82 Å². The Balaban J connectivity index is 1.55. The molecule has 0 radical (unpaired) electrons. The first-order valence-corrected chi connectivity index (χ1v) is 9.90. The van der Waals surface area contributed by atoms with Crippen molar-refractivity contribution >= 4 is 11.8 Å². The van der Waals surface area contributed by atoms with E-state index < -0.39 is 23.6 Å². The molecule has 1 aliphatic rings. The van der Waals surface area contributed by atoms with Crippen molar-refractivity contribution in [2.24, 2.45) is 0 Å². The predicted octanol–water partition coefficient (Wildman–Crippen LogP) is 4.62. The van der Waals surface area contributed by atoms with Crippen LogP contribution in [0.2, 0.25) is 0 Å². The van der Waals surface area contributed by atoms with Gasteiger partial charge in [-0.2, -0.15) is 13.2 Å². The van der Waals surface area contributed by atoms with Crippen molar-refractivity contribution < 1.29 is 22.4 Å². The van der Waals surface area contributed by atoms with Gasteiger partial charge < -0.3 is 15.5 Å². The first-order chi connectivity index (χ1) is 14.3. The average Bonchev–Trinajstić information content (AvgIpc) is 3.00. The molecule has 0 spiro atoms. The number of alkyl halides is 3.